The van der Waals surface area contributed by atoms with Crippen LogP contribution < -0.4 is 19.5 Å². The van der Waals surface area contributed by atoms with Crippen LogP contribution in [0, 0.1) is 17.0 Å². The van der Waals surface area contributed by atoms with Crippen LogP contribution in [0.2, 0.25) is 0 Å². The molecule has 1 amide bonds. The maximum absolute atomic E-state index is 12.1. The number of hydrogen-bond acceptors (Lipinski definition) is 6. The Balaban J connectivity index is 2.09. The molecular weight excluding hydrogens is 328 g/mol. The molecule has 0 spiro atoms. The summed E-state index contributed by atoms with van der Waals surface area (Å²) in [6, 6.07) is 9.29. The zero-order valence-electron chi connectivity index (χ0n) is 14.1. The summed E-state index contributed by atoms with van der Waals surface area (Å²) < 4.78 is 15.6. The number of hydrogen-bond donors (Lipinski definition) is 1. The van der Waals surface area contributed by atoms with Crippen molar-refractivity contribution in [3.05, 3.63) is 52.1 Å². The molecule has 2 rings (SSSR count). The molecule has 1 N–H and O–H groups in total. The number of nitrogens with zero attached hydrogens (tertiary/aromatic N) is 1. The van der Waals surface area contributed by atoms with E-state index in [-0.39, 0.29) is 18.0 Å². The van der Waals surface area contributed by atoms with Gasteiger partial charge in [-0.05, 0) is 30.7 Å². The van der Waals surface area contributed by atoms with Crippen molar-refractivity contribution in [3.63, 3.8) is 0 Å². The highest BCUT2D eigenvalue weighted by atomic mass is 16.6. The lowest BCUT2D eigenvalue weighted by Gasteiger charge is -2.13. The van der Waals surface area contributed by atoms with Crippen molar-refractivity contribution in [1.29, 1.82) is 0 Å². The van der Waals surface area contributed by atoms with Crippen molar-refractivity contribution >= 4 is 17.3 Å². The lowest BCUT2D eigenvalue weighted by Crippen LogP contribution is -2.20. The molecule has 0 saturated carbocycles. The molecule has 0 atom stereocenters. The summed E-state index contributed by atoms with van der Waals surface area (Å²) in [5.74, 6) is 0.499. The number of ether oxygens (including phenoxy) is 3. The van der Waals surface area contributed by atoms with Gasteiger partial charge in [0.05, 0.1) is 30.9 Å². The van der Waals surface area contributed by atoms with E-state index in [0.29, 0.717) is 17.2 Å². The van der Waals surface area contributed by atoms with E-state index in [4.69, 9.17) is 14.2 Å². The van der Waals surface area contributed by atoms with Gasteiger partial charge in [-0.1, -0.05) is 6.07 Å². The summed E-state index contributed by atoms with van der Waals surface area (Å²) >= 11 is 0. The molecule has 0 aliphatic heterocycles. The maximum atomic E-state index is 12.1. The number of methoxy groups -OCH3 is 2. The minimum absolute atomic E-state index is 0.114. The highest BCUT2D eigenvalue weighted by Crippen LogP contribution is 2.31. The predicted molar refractivity (Wildman–Crippen MR) is 91.5 cm³/mol. The van der Waals surface area contributed by atoms with Gasteiger partial charge >= 0.3 is 0 Å². The second-order valence-corrected chi connectivity index (χ2v) is 5.13. The Kier molecular flexibility index (Phi) is 5.78. The molecule has 8 heteroatoms. The van der Waals surface area contributed by atoms with Crippen molar-refractivity contribution in [1.82, 2.24) is 0 Å². The van der Waals surface area contributed by atoms with Crippen LogP contribution in [0.25, 0.3) is 0 Å². The Morgan fingerprint density at radius 1 is 1.08 bits per heavy atom. The van der Waals surface area contributed by atoms with Gasteiger partial charge in [-0.2, -0.15) is 0 Å². The van der Waals surface area contributed by atoms with E-state index in [2.05, 4.69) is 5.32 Å². The van der Waals surface area contributed by atoms with E-state index >= 15 is 0 Å². The fourth-order valence-corrected chi connectivity index (χ4v) is 2.14. The minimum atomic E-state index is -0.552. The van der Waals surface area contributed by atoms with Crippen molar-refractivity contribution in [2.45, 2.75) is 6.92 Å². The lowest BCUT2D eigenvalue weighted by atomic mass is 10.2. The minimum Gasteiger partial charge on any atom is -0.495 e. The van der Waals surface area contributed by atoms with Crippen LogP contribution >= 0.6 is 0 Å². The Hall–Kier alpha value is -3.29. The number of anilines is 1. The van der Waals surface area contributed by atoms with Crippen LogP contribution in [-0.2, 0) is 4.79 Å². The molecule has 0 saturated heterocycles. The average Bonchev–Trinajstić information content (AvgIpc) is 2.59. The highest BCUT2D eigenvalue weighted by molar-refractivity contribution is 5.93. The van der Waals surface area contributed by atoms with Crippen molar-refractivity contribution in [2.75, 3.05) is 26.1 Å². The lowest BCUT2D eigenvalue weighted by molar-refractivity contribution is -0.385. The molecule has 0 fully saturated rings. The fraction of sp³-hybridized carbons (Fsp3) is 0.235. The van der Waals surface area contributed by atoms with Gasteiger partial charge in [0, 0.05) is 6.07 Å². The van der Waals surface area contributed by atoms with Gasteiger partial charge in [0.1, 0.15) is 5.75 Å². The van der Waals surface area contributed by atoms with Crippen LogP contribution in [0.4, 0.5) is 11.4 Å². The largest absolute Gasteiger partial charge is 0.495 e. The average molecular weight is 346 g/mol. The van der Waals surface area contributed by atoms with Crippen LogP contribution in [0.5, 0.6) is 17.2 Å². The first-order valence-electron chi connectivity index (χ1n) is 7.34. The van der Waals surface area contributed by atoms with E-state index in [1.807, 2.05) is 13.0 Å². The summed E-state index contributed by atoms with van der Waals surface area (Å²) in [7, 11) is 2.91. The zero-order valence-corrected chi connectivity index (χ0v) is 14.1. The summed E-state index contributed by atoms with van der Waals surface area (Å²) in [4.78, 5) is 22.4. The van der Waals surface area contributed by atoms with E-state index in [1.54, 1.807) is 12.1 Å². The van der Waals surface area contributed by atoms with Gasteiger partial charge in [0.2, 0.25) is 0 Å². The first-order chi connectivity index (χ1) is 11.9. The molecular formula is C17H18N2O6. The van der Waals surface area contributed by atoms with Gasteiger partial charge in [-0.25, -0.2) is 0 Å². The summed E-state index contributed by atoms with van der Waals surface area (Å²) in [5, 5.41) is 13.5. The normalized spacial score (nSPS) is 10.0. The molecule has 8 nitrogen and oxygen atoms in total. The summed E-state index contributed by atoms with van der Waals surface area (Å²) in [5.41, 5.74) is 1.32. The number of nitrogens with one attached hydrogen (secondary N) is 1. The molecule has 132 valence electrons. The molecule has 2 aromatic rings. The van der Waals surface area contributed by atoms with Gasteiger partial charge in [-0.3, -0.25) is 14.9 Å². The molecule has 0 heterocycles. The second-order valence-electron chi connectivity index (χ2n) is 5.13. The number of carbonyl (C=O) groups excluding carboxylic acids is 1. The molecule has 2 aromatic carbocycles. The first-order valence-corrected chi connectivity index (χ1v) is 7.34. The summed E-state index contributed by atoms with van der Waals surface area (Å²) in [6.45, 7) is 1.55. The maximum Gasteiger partial charge on any atom is 0.273 e. The van der Waals surface area contributed by atoms with Crippen LogP contribution in [-0.4, -0.2) is 31.7 Å². The van der Waals surface area contributed by atoms with Crippen LogP contribution in [0.1, 0.15) is 5.56 Å². The molecule has 0 aromatic heterocycles. The molecule has 25 heavy (non-hydrogen) atoms. The number of carbonyl (C=O) groups is 1. The standard InChI is InChI=1S/C17H18N2O6/c1-11-4-6-14(23-2)13(8-11)18-17(20)10-25-16-9-12(19(21)22)5-7-15(16)24-3/h4-9H,10H2,1-3H3,(H,18,20). The van der Waals surface area contributed by atoms with Crippen molar-refractivity contribution in [2.24, 2.45) is 0 Å². The van der Waals surface area contributed by atoms with Crippen LogP contribution in [0.15, 0.2) is 36.4 Å². The number of benzene rings is 2. The monoisotopic (exact) mass is 346 g/mol. The van der Waals surface area contributed by atoms with E-state index in [9.17, 15) is 14.9 Å². The molecule has 0 bridgehead atoms. The Bertz CT molecular complexity index is 791. The number of nitro benzene ring substituents is 1. The van der Waals surface area contributed by atoms with Crippen LogP contribution in [0.3, 0.4) is 0 Å². The number of rotatable bonds is 7. The summed E-state index contributed by atoms with van der Waals surface area (Å²) in [6.07, 6.45) is 0. The molecule has 0 radical (unpaired) electrons. The van der Waals surface area contributed by atoms with Gasteiger partial charge < -0.3 is 19.5 Å². The Labute approximate surface area is 144 Å². The van der Waals surface area contributed by atoms with Crippen molar-refractivity contribution in [3.8, 4) is 17.2 Å². The second kappa shape index (κ2) is 8.00. The molecule has 0 unspecified atom stereocenters. The fourth-order valence-electron chi connectivity index (χ4n) is 2.14. The van der Waals surface area contributed by atoms with Gasteiger partial charge in [-0.15, -0.1) is 0 Å². The number of amides is 1. The third kappa shape index (κ3) is 4.60. The molecule has 0 aliphatic carbocycles. The third-order valence-corrected chi connectivity index (χ3v) is 3.35. The first kappa shape index (κ1) is 18.1. The number of non-ortho nitro benzene ring substituents is 1. The Morgan fingerprint density at radius 2 is 1.76 bits per heavy atom. The Morgan fingerprint density at radius 3 is 2.40 bits per heavy atom. The topological polar surface area (TPSA) is 99.9 Å². The third-order valence-electron chi connectivity index (χ3n) is 3.35. The smallest absolute Gasteiger partial charge is 0.273 e. The van der Waals surface area contributed by atoms with Gasteiger partial charge in [0.25, 0.3) is 11.6 Å². The van der Waals surface area contributed by atoms with Crippen molar-refractivity contribution < 1.29 is 23.9 Å². The van der Waals surface area contributed by atoms with E-state index in [1.165, 1.54) is 32.4 Å². The zero-order chi connectivity index (χ0) is 18.4. The molecule has 0 aliphatic rings. The van der Waals surface area contributed by atoms with E-state index < -0.39 is 10.8 Å². The quantitative estimate of drug-likeness (QED) is 0.611. The number of aryl methyl sites for hydroxylation is 1. The number of nitro groups is 1. The van der Waals surface area contributed by atoms with E-state index in [0.717, 1.165) is 5.56 Å². The SMILES string of the molecule is COc1ccc(C)cc1NC(=O)COc1cc([N+](=O)[O-])ccc1OC. The predicted octanol–water partition coefficient (Wildman–Crippen LogP) is 2.94. The highest BCUT2D eigenvalue weighted by Gasteiger charge is 2.14. The van der Waals surface area contributed by atoms with Gasteiger partial charge in [0.15, 0.2) is 18.1 Å².